The van der Waals surface area contributed by atoms with Crippen molar-refractivity contribution in [3.8, 4) is 0 Å². The van der Waals surface area contributed by atoms with E-state index in [1.807, 2.05) is 0 Å². The van der Waals surface area contributed by atoms with Gasteiger partial charge in [0.05, 0.1) is 5.69 Å². The van der Waals surface area contributed by atoms with Gasteiger partial charge in [0.2, 0.25) is 0 Å². The third kappa shape index (κ3) is 3.67. The topological polar surface area (TPSA) is 41.0 Å². The summed E-state index contributed by atoms with van der Waals surface area (Å²) in [6.07, 6.45) is 2.60. The van der Waals surface area contributed by atoms with Crippen LogP contribution in [0.3, 0.4) is 0 Å². The lowest BCUT2D eigenvalue weighted by molar-refractivity contribution is 0.443. The van der Waals surface area contributed by atoms with Crippen LogP contribution >= 0.6 is 0 Å². The minimum absolute atomic E-state index is 0.481. The molecule has 1 atom stereocenters. The Morgan fingerprint density at radius 3 is 2.83 bits per heavy atom. The average Bonchev–Trinajstić information content (AvgIpc) is 2.37. The first-order valence-electron chi connectivity index (χ1n) is 6.96. The Morgan fingerprint density at radius 2 is 2.22 bits per heavy atom. The molecule has 0 aromatic carbocycles. The summed E-state index contributed by atoms with van der Waals surface area (Å²) in [6, 6.07) is 4.66. The highest BCUT2D eigenvalue weighted by atomic mass is 15.3. The van der Waals surface area contributed by atoms with Gasteiger partial charge in [-0.3, -0.25) is 0 Å². The van der Waals surface area contributed by atoms with Crippen molar-refractivity contribution >= 4 is 5.82 Å². The highest BCUT2D eigenvalue weighted by molar-refractivity contribution is 5.37. The van der Waals surface area contributed by atoms with Gasteiger partial charge < -0.3 is 10.2 Å². The van der Waals surface area contributed by atoms with E-state index in [1.54, 1.807) is 0 Å². The number of hydrogen-bond acceptors (Lipinski definition) is 4. The molecular formula is C14H24N4. The van der Waals surface area contributed by atoms with Crippen molar-refractivity contribution in [1.82, 2.24) is 15.5 Å². The first kappa shape index (κ1) is 13.3. The molecule has 1 unspecified atom stereocenters. The maximum Gasteiger partial charge on any atom is 0.151 e. The summed E-state index contributed by atoms with van der Waals surface area (Å²) in [5.74, 6) is 1.79. The Hall–Kier alpha value is -1.16. The van der Waals surface area contributed by atoms with Crippen LogP contribution in [0.15, 0.2) is 12.1 Å². The lowest BCUT2D eigenvalue weighted by atomic mass is 10.0. The molecule has 0 amide bonds. The largest absolute Gasteiger partial charge is 0.355 e. The fourth-order valence-electron chi connectivity index (χ4n) is 2.32. The van der Waals surface area contributed by atoms with Gasteiger partial charge >= 0.3 is 0 Å². The molecule has 1 aliphatic heterocycles. The normalized spacial score (nSPS) is 20.4. The van der Waals surface area contributed by atoms with Gasteiger partial charge in [0.1, 0.15) is 0 Å². The van der Waals surface area contributed by atoms with E-state index in [1.165, 1.54) is 12.8 Å². The number of nitrogens with zero attached hydrogens (tertiary/aromatic N) is 3. The molecule has 0 aliphatic carbocycles. The molecule has 0 radical (unpaired) electrons. The fourth-order valence-corrected chi connectivity index (χ4v) is 2.32. The van der Waals surface area contributed by atoms with Gasteiger partial charge in [-0.1, -0.05) is 20.8 Å². The Bertz CT molecular complexity index is 361. The lowest BCUT2D eigenvalue weighted by Crippen LogP contribution is -2.35. The molecule has 2 heterocycles. The number of hydrogen-bond donors (Lipinski definition) is 1. The molecule has 1 N–H and O–H groups in total. The second kappa shape index (κ2) is 6.14. The molecule has 1 aromatic rings. The van der Waals surface area contributed by atoms with Crippen LogP contribution in [0.1, 0.15) is 39.3 Å². The number of rotatable bonds is 4. The number of nitrogens with one attached hydrogen (secondary N) is 1. The quantitative estimate of drug-likeness (QED) is 0.887. The second-order valence-electron chi connectivity index (χ2n) is 5.61. The number of anilines is 1. The molecular weight excluding hydrogens is 224 g/mol. The van der Waals surface area contributed by atoms with Gasteiger partial charge in [0.25, 0.3) is 0 Å². The van der Waals surface area contributed by atoms with Crippen LogP contribution < -0.4 is 10.2 Å². The van der Waals surface area contributed by atoms with Crippen LogP contribution in [0, 0.1) is 5.92 Å². The van der Waals surface area contributed by atoms with Gasteiger partial charge in [-0.2, -0.15) is 5.10 Å². The molecule has 1 aromatic heterocycles. The molecule has 1 aliphatic rings. The van der Waals surface area contributed by atoms with Crippen LogP contribution in [0.2, 0.25) is 0 Å². The van der Waals surface area contributed by atoms with Crippen molar-refractivity contribution in [2.24, 2.45) is 5.92 Å². The summed E-state index contributed by atoms with van der Waals surface area (Å²) in [5.41, 5.74) is 1.01. The first-order valence-corrected chi connectivity index (χ1v) is 6.96. The van der Waals surface area contributed by atoms with Gasteiger partial charge in [-0.05, 0) is 30.9 Å². The highest BCUT2D eigenvalue weighted by Gasteiger charge is 2.17. The molecule has 0 spiro atoms. The van der Waals surface area contributed by atoms with E-state index in [0.29, 0.717) is 6.04 Å². The molecule has 1 fully saturated rings. The van der Waals surface area contributed by atoms with Crippen LogP contribution in [0.5, 0.6) is 0 Å². The van der Waals surface area contributed by atoms with Crippen LogP contribution in [-0.2, 0) is 6.54 Å². The third-order valence-electron chi connectivity index (χ3n) is 3.38. The summed E-state index contributed by atoms with van der Waals surface area (Å²) in [4.78, 5) is 2.35. The third-order valence-corrected chi connectivity index (χ3v) is 3.38. The van der Waals surface area contributed by atoms with Gasteiger partial charge in [0, 0.05) is 25.7 Å². The summed E-state index contributed by atoms with van der Waals surface area (Å²) in [6.45, 7) is 9.59. The summed E-state index contributed by atoms with van der Waals surface area (Å²) < 4.78 is 0. The smallest absolute Gasteiger partial charge is 0.151 e. The zero-order chi connectivity index (χ0) is 13.0. The van der Waals surface area contributed by atoms with E-state index in [9.17, 15) is 0 Å². The molecule has 2 rings (SSSR count). The van der Waals surface area contributed by atoms with E-state index >= 15 is 0 Å². The fraction of sp³-hybridized carbons (Fsp3) is 0.714. The maximum atomic E-state index is 4.35. The van der Waals surface area contributed by atoms with E-state index in [2.05, 4.69) is 53.3 Å². The van der Waals surface area contributed by atoms with Gasteiger partial charge in [-0.15, -0.1) is 5.10 Å². The Kier molecular flexibility index (Phi) is 4.53. The van der Waals surface area contributed by atoms with Crippen molar-refractivity contribution in [3.05, 3.63) is 17.8 Å². The van der Waals surface area contributed by atoms with Crippen LogP contribution in [-0.4, -0.2) is 29.3 Å². The molecule has 4 heteroatoms. The minimum Gasteiger partial charge on any atom is -0.355 e. The number of aromatic nitrogens is 2. The maximum absolute atomic E-state index is 4.35. The van der Waals surface area contributed by atoms with Gasteiger partial charge in [-0.25, -0.2) is 0 Å². The molecule has 0 saturated carbocycles. The van der Waals surface area contributed by atoms with E-state index < -0.39 is 0 Å². The predicted octanol–water partition coefficient (Wildman–Crippen LogP) is 2.21. The Labute approximate surface area is 110 Å². The predicted molar refractivity (Wildman–Crippen MR) is 74.6 cm³/mol. The van der Waals surface area contributed by atoms with E-state index in [-0.39, 0.29) is 0 Å². The molecule has 0 bridgehead atoms. The Morgan fingerprint density at radius 1 is 1.39 bits per heavy atom. The SMILES string of the molecule is CC1CCCN(c2ccc(CNC(C)C)nn2)C1. The second-order valence-corrected chi connectivity index (χ2v) is 5.61. The number of piperidine rings is 1. The molecule has 18 heavy (non-hydrogen) atoms. The zero-order valence-electron chi connectivity index (χ0n) is 11.7. The summed E-state index contributed by atoms with van der Waals surface area (Å²) >= 11 is 0. The highest BCUT2D eigenvalue weighted by Crippen LogP contribution is 2.20. The monoisotopic (exact) mass is 248 g/mol. The standard InChI is InChI=1S/C14H24N4/c1-11(2)15-9-13-6-7-14(17-16-13)18-8-4-5-12(3)10-18/h6-7,11-12,15H,4-5,8-10H2,1-3H3. The summed E-state index contributed by atoms with van der Waals surface area (Å²) in [5, 5.41) is 12.0. The van der Waals surface area contributed by atoms with Crippen LogP contribution in [0.25, 0.3) is 0 Å². The molecule has 4 nitrogen and oxygen atoms in total. The van der Waals surface area contributed by atoms with Crippen molar-refractivity contribution in [2.75, 3.05) is 18.0 Å². The van der Waals surface area contributed by atoms with E-state index in [0.717, 1.165) is 37.1 Å². The van der Waals surface area contributed by atoms with Crippen molar-refractivity contribution in [3.63, 3.8) is 0 Å². The minimum atomic E-state index is 0.481. The first-order chi connectivity index (χ1) is 8.65. The average molecular weight is 248 g/mol. The van der Waals surface area contributed by atoms with Crippen molar-refractivity contribution in [2.45, 2.75) is 46.2 Å². The lowest BCUT2D eigenvalue weighted by Gasteiger charge is -2.31. The zero-order valence-corrected chi connectivity index (χ0v) is 11.7. The van der Waals surface area contributed by atoms with Crippen molar-refractivity contribution in [1.29, 1.82) is 0 Å². The van der Waals surface area contributed by atoms with Crippen LogP contribution in [0.4, 0.5) is 5.82 Å². The van der Waals surface area contributed by atoms with Gasteiger partial charge in [0.15, 0.2) is 5.82 Å². The Balaban J connectivity index is 1.94. The molecule has 1 saturated heterocycles. The summed E-state index contributed by atoms with van der Waals surface area (Å²) in [7, 11) is 0. The van der Waals surface area contributed by atoms with Crippen molar-refractivity contribution < 1.29 is 0 Å². The molecule has 100 valence electrons. The van der Waals surface area contributed by atoms with E-state index in [4.69, 9.17) is 0 Å².